The molecule has 0 radical (unpaired) electrons. The highest BCUT2D eigenvalue weighted by atomic mass is 79.9. The fourth-order valence-electron chi connectivity index (χ4n) is 1.59. The maximum Gasteiger partial charge on any atom is 0.273 e. The van der Waals surface area contributed by atoms with Crippen LogP contribution in [-0.2, 0) is 0 Å². The van der Waals surface area contributed by atoms with E-state index in [-0.39, 0.29) is 21.9 Å². The zero-order valence-corrected chi connectivity index (χ0v) is 12.9. The predicted molar refractivity (Wildman–Crippen MR) is 82.2 cm³/mol. The minimum absolute atomic E-state index is 0.0553. The number of halogens is 2. The van der Waals surface area contributed by atoms with Gasteiger partial charge in [0.2, 0.25) is 0 Å². The number of hydrazine groups is 1. The van der Waals surface area contributed by atoms with Crippen LogP contribution in [0.15, 0.2) is 46.9 Å². The van der Waals surface area contributed by atoms with E-state index in [0.29, 0.717) is 0 Å². The van der Waals surface area contributed by atoms with Gasteiger partial charge in [0, 0.05) is 4.47 Å². The van der Waals surface area contributed by atoms with E-state index in [1.165, 1.54) is 18.2 Å². The lowest BCUT2D eigenvalue weighted by atomic mass is 10.2. The van der Waals surface area contributed by atoms with Gasteiger partial charge in [0.1, 0.15) is 5.75 Å². The largest absolute Gasteiger partial charge is 0.507 e. The number of phenols is 1. The van der Waals surface area contributed by atoms with Crippen LogP contribution in [0.25, 0.3) is 0 Å². The third-order valence-corrected chi connectivity index (χ3v) is 3.42. The lowest BCUT2D eigenvalue weighted by Gasteiger charge is -2.09. The van der Waals surface area contributed by atoms with Crippen molar-refractivity contribution in [3.8, 4) is 5.75 Å². The molecule has 0 aromatic heterocycles. The Labute approximate surface area is 134 Å². The minimum Gasteiger partial charge on any atom is -0.507 e. The molecule has 2 amide bonds. The molecule has 0 saturated carbocycles. The highest BCUT2D eigenvalue weighted by Crippen LogP contribution is 2.21. The first-order chi connectivity index (χ1) is 9.99. The molecular formula is C14H10BrClN2O3. The number of benzene rings is 2. The molecule has 0 bridgehead atoms. The molecule has 2 rings (SSSR count). The second-order valence-electron chi connectivity index (χ2n) is 4.05. The predicted octanol–water partition coefficient (Wildman–Crippen LogP) is 2.88. The van der Waals surface area contributed by atoms with Gasteiger partial charge in [-0.25, -0.2) is 0 Å². The molecular weight excluding hydrogens is 360 g/mol. The Morgan fingerprint density at radius 3 is 2.24 bits per heavy atom. The fourth-order valence-corrected chi connectivity index (χ4v) is 2.35. The van der Waals surface area contributed by atoms with Crippen molar-refractivity contribution in [2.24, 2.45) is 0 Å². The number of para-hydroxylation sites is 1. The Morgan fingerprint density at radius 2 is 1.62 bits per heavy atom. The number of hydrogen-bond acceptors (Lipinski definition) is 3. The maximum absolute atomic E-state index is 11.9. The molecule has 0 spiro atoms. The van der Waals surface area contributed by atoms with Gasteiger partial charge >= 0.3 is 0 Å². The quantitative estimate of drug-likeness (QED) is 0.712. The Balaban J connectivity index is 2.04. The summed E-state index contributed by atoms with van der Waals surface area (Å²) in [6.45, 7) is 0. The summed E-state index contributed by atoms with van der Waals surface area (Å²) in [4.78, 5) is 23.7. The van der Waals surface area contributed by atoms with E-state index in [1.807, 2.05) is 0 Å². The third-order valence-electron chi connectivity index (χ3n) is 2.61. The van der Waals surface area contributed by atoms with Crippen LogP contribution in [0.3, 0.4) is 0 Å². The van der Waals surface area contributed by atoms with Crippen LogP contribution in [0.1, 0.15) is 20.7 Å². The Hall–Kier alpha value is -2.05. The topological polar surface area (TPSA) is 78.4 Å². The van der Waals surface area contributed by atoms with E-state index in [0.717, 1.165) is 4.47 Å². The van der Waals surface area contributed by atoms with Gasteiger partial charge in [0.05, 0.1) is 16.1 Å². The summed E-state index contributed by atoms with van der Waals surface area (Å²) < 4.78 is 0.738. The molecule has 21 heavy (non-hydrogen) atoms. The van der Waals surface area contributed by atoms with Crippen molar-refractivity contribution in [1.29, 1.82) is 0 Å². The van der Waals surface area contributed by atoms with Gasteiger partial charge in [-0.15, -0.1) is 0 Å². The maximum atomic E-state index is 11.9. The molecule has 0 aliphatic heterocycles. The first-order valence-electron chi connectivity index (χ1n) is 5.83. The lowest BCUT2D eigenvalue weighted by Crippen LogP contribution is -2.41. The average molecular weight is 370 g/mol. The Kier molecular flexibility index (Phi) is 4.82. The third kappa shape index (κ3) is 3.74. The summed E-state index contributed by atoms with van der Waals surface area (Å²) in [6.07, 6.45) is 0. The molecule has 3 N–H and O–H groups in total. The summed E-state index contributed by atoms with van der Waals surface area (Å²) in [6, 6.07) is 10.8. The number of aromatic hydroxyl groups is 1. The molecule has 0 aliphatic rings. The molecule has 108 valence electrons. The summed E-state index contributed by atoms with van der Waals surface area (Å²) in [5.41, 5.74) is 4.72. The van der Waals surface area contributed by atoms with Crippen molar-refractivity contribution in [2.45, 2.75) is 0 Å². The molecule has 7 heteroatoms. The molecule has 2 aromatic rings. The molecule has 5 nitrogen and oxygen atoms in total. The van der Waals surface area contributed by atoms with Crippen LogP contribution < -0.4 is 10.9 Å². The van der Waals surface area contributed by atoms with Gasteiger partial charge in [-0.3, -0.25) is 20.4 Å². The molecule has 0 unspecified atom stereocenters. The van der Waals surface area contributed by atoms with E-state index in [2.05, 4.69) is 26.8 Å². The monoisotopic (exact) mass is 368 g/mol. The van der Waals surface area contributed by atoms with Gasteiger partial charge < -0.3 is 5.11 Å². The molecule has 0 fully saturated rings. The Bertz CT molecular complexity index is 706. The molecule has 0 atom stereocenters. The second-order valence-corrected chi connectivity index (χ2v) is 5.37. The van der Waals surface area contributed by atoms with Crippen molar-refractivity contribution in [1.82, 2.24) is 10.9 Å². The Morgan fingerprint density at radius 1 is 1.00 bits per heavy atom. The van der Waals surface area contributed by atoms with Crippen LogP contribution in [0.2, 0.25) is 5.02 Å². The minimum atomic E-state index is -0.630. The van der Waals surface area contributed by atoms with E-state index in [9.17, 15) is 14.7 Å². The lowest BCUT2D eigenvalue weighted by molar-refractivity contribution is 0.0845. The second kappa shape index (κ2) is 6.60. The highest BCUT2D eigenvalue weighted by molar-refractivity contribution is 9.10. The number of amides is 2. The van der Waals surface area contributed by atoms with Crippen molar-refractivity contribution in [3.05, 3.63) is 63.1 Å². The van der Waals surface area contributed by atoms with E-state index in [4.69, 9.17) is 11.6 Å². The van der Waals surface area contributed by atoms with Crippen LogP contribution >= 0.6 is 27.5 Å². The number of nitrogens with one attached hydrogen (secondary N) is 2. The fraction of sp³-hybridized carbons (Fsp3) is 0. The molecule has 0 aliphatic carbocycles. The van der Waals surface area contributed by atoms with Crippen LogP contribution in [0.4, 0.5) is 0 Å². The smallest absolute Gasteiger partial charge is 0.273 e. The molecule has 0 saturated heterocycles. The number of hydrogen-bond donors (Lipinski definition) is 3. The van der Waals surface area contributed by atoms with E-state index >= 15 is 0 Å². The van der Waals surface area contributed by atoms with Gasteiger partial charge in [-0.2, -0.15) is 0 Å². The summed E-state index contributed by atoms with van der Waals surface area (Å²) in [5.74, 6) is -1.36. The van der Waals surface area contributed by atoms with Crippen LogP contribution in [-0.4, -0.2) is 16.9 Å². The van der Waals surface area contributed by atoms with Crippen LogP contribution in [0, 0.1) is 0 Å². The average Bonchev–Trinajstić information content (AvgIpc) is 2.45. The number of phenolic OH excluding ortho intramolecular Hbond substituents is 1. The zero-order valence-electron chi connectivity index (χ0n) is 10.6. The highest BCUT2D eigenvalue weighted by Gasteiger charge is 2.14. The van der Waals surface area contributed by atoms with Gasteiger partial charge in [-0.05, 0) is 30.3 Å². The van der Waals surface area contributed by atoms with Crippen molar-refractivity contribution >= 4 is 39.3 Å². The summed E-state index contributed by atoms with van der Waals surface area (Å²) in [5, 5.41) is 9.79. The first-order valence-corrected chi connectivity index (χ1v) is 7.00. The van der Waals surface area contributed by atoms with E-state index < -0.39 is 11.8 Å². The first kappa shape index (κ1) is 15.3. The van der Waals surface area contributed by atoms with Gasteiger partial charge in [-0.1, -0.05) is 39.7 Å². The summed E-state index contributed by atoms with van der Waals surface area (Å²) >= 11 is 9.17. The van der Waals surface area contributed by atoms with Gasteiger partial charge in [0.25, 0.3) is 11.8 Å². The van der Waals surface area contributed by atoms with Crippen molar-refractivity contribution < 1.29 is 14.7 Å². The van der Waals surface area contributed by atoms with Crippen molar-refractivity contribution in [2.75, 3.05) is 0 Å². The summed E-state index contributed by atoms with van der Waals surface area (Å²) in [7, 11) is 0. The standard InChI is InChI=1S/C14H10BrClN2O3/c15-8-5-6-9(11(16)7-8)13(20)17-18-14(21)10-3-1-2-4-12(10)19/h1-7,19H,(H,17,20)(H,18,21). The molecule has 2 aromatic carbocycles. The molecule has 0 heterocycles. The van der Waals surface area contributed by atoms with Crippen LogP contribution in [0.5, 0.6) is 5.75 Å². The van der Waals surface area contributed by atoms with E-state index in [1.54, 1.807) is 24.3 Å². The van der Waals surface area contributed by atoms with Gasteiger partial charge in [0.15, 0.2) is 0 Å². The van der Waals surface area contributed by atoms with Crippen molar-refractivity contribution in [3.63, 3.8) is 0 Å². The number of carbonyl (C=O) groups excluding carboxylic acids is 2. The number of rotatable bonds is 2. The number of carbonyl (C=O) groups is 2. The SMILES string of the molecule is O=C(NNC(=O)c1ccc(Br)cc1Cl)c1ccccc1O. The zero-order chi connectivity index (χ0) is 15.4. The normalized spacial score (nSPS) is 10.0.